The van der Waals surface area contributed by atoms with Crippen LogP contribution >= 0.6 is 12.2 Å². The Labute approximate surface area is 205 Å². The summed E-state index contributed by atoms with van der Waals surface area (Å²) in [7, 11) is 0. The van der Waals surface area contributed by atoms with E-state index in [2.05, 4.69) is 17.0 Å². The molecule has 0 bridgehead atoms. The highest BCUT2D eigenvalue weighted by Gasteiger charge is 2.27. The number of carbonyl (C=O) groups excluding carboxylic acids is 1. The lowest BCUT2D eigenvalue weighted by molar-refractivity contribution is -0.150. The van der Waals surface area contributed by atoms with E-state index in [1.54, 1.807) is 0 Å². The lowest BCUT2D eigenvalue weighted by atomic mass is 9.99. The molecule has 2 aromatic carbocycles. The molecule has 2 heterocycles. The topological polar surface area (TPSA) is 61.5 Å². The van der Waals surface area contributed by atoms with Crippen molar-refractivity contribution in [3.63, 3.8) is 0 Å². The van der Waals surface area contributed by atoms with Gasteiger partial charge in [-0.3, -0.25) is 14.3 Å². The normalized spacial score (nSPS) is 16.4. The fourth-order valence-corrected chi connectivity index (χ4v) is 4.69. The molecular formula is C26H32N4O3S. The van der Waals surface area contributed by atoms with E-state index < -0.39 is 0 Å². The third-order valence-corrected chi connectivity index (χ3v) is 6.37. The summed E-state index contributed by atoms with van der Waals surface area (Å²) in [5, 5.41) is 4.93. The van der Waals surface area contributed by atoms with Gasteiger partial charge in [-0.25, -0.2) is 4.68 Å². The van der Waals surface area contributed by atoms with Crippen LogP contribution in [0, 0.1) is 10.7 Å². The zero-order valence-corrected chi connectivity index (χ0v) is 20.7. The van der Waals surface area contributed by atoms with Crippen molar-refractivity contribution >= 4 is 18.2 Å². The molecule has 0 saturated carbocycles. The predicted octanol–water partition coefficient (Wildman–Crippen LogP) is 4.63. The lowest BCUT2D eigenvalue weighted by Gasteiger charge is -2.31. The van der Waals surface area contributed by atoms with Crippen molar-refractivity contribution in [1.29, 1.82) is 0 Å². The molecule has 1 saturated heterocycles. The summed E-state index contributed by atoms with van der Waals surface area (Å²) in [6, 6.07) is 18.2. The first kappa shape index (κ1) is 24.2. The van der Waals surface area contributed by atoms with Crippen LogP contribution in [0.2, 0.25) is 0 Å². The molecule has 8 heteroatoms. The highest BCUT2D eigenvalue weighted by molar-refractivity contribution is 7.71. The Morgan fingerprint density at radius 1 is 1.09 bits per heavy atom. The summed E-state index contributed by atoms with van der Waals surface area (Å²) in [4.78, 5) is 14.5. The van der Waals surface area contributed by atoms with E-state index in [0.29, 0.717) is 37.6 Å². The summed E-state index contributed by atoms with van der Waals surface area (Å²) in [5.74, 6) is 1.49. The smallest absolute Gasteiger partial charge is 0.310 e. The van der Waals surface area contributed by atoms with Gasteiger partial charge in [0.1, 0.15) is 11.6 Å². The number of hydrogen-bond acceptors (Lipinski definition) is 6. The first-order valence-electron chi connectivity index (χ1n) is 11.9. The number of rotatable bonds is 9. The Balaban J connectivity index is 1.62. The third-order valence-electron chi connectivity index (χ3n) is 5.98. The van der Waals surface area contributed by atoms with E-state index in [-0.39, 0.29) is 11.9 Å². The minimum absolute atomic E-state index is 0.0974. The number of hydrogen-bond donors (Lipinski definition) is 0. The average Bonchev–Trinajstić information content (AvgIpc) is 3.15. The fraction of sp³-hybridized carbons (Fsp3) is 0.423. The number of benzene rings is 2. The third kappa shape index (κ3) is 5.74. The van der Waals surface area contributed by atoms with Gasteiger partial charge in [0, 0.05) is 18.7 Å². The van der Waals surface area contributed by atoms with Gasteiger partial charge in [-0.2, -0.15) is 5.10 Å². The Morgan fingerprint density at radius 2 is 1.85 bits per heavy atom. The minimum atomic E-state index is -0.111. The van der Waals surface area contributed by atoms with E-state index >= 15 is 0 Å². The number of aromatic nitrogens is 3. The zero-order valence-electron chi connectivity index (χ0n) is 19.9. The highest BCUT2D eigenvalue weighted by atomic mass is 32.1. The molecule has 1 aromatic heterocycles. The predicted molar refractivity (Wildman–Crippen MR) is 134 cm³/mol. The molecule has 7 nitrogen and oxygen atoms in total. The van der Waals surface area contributed by atoms with Gasteiger partial charge >= 0.3 is 5.97 Å². The van der Waals surface area contributed by atoms with Crippen LogP contribution in [-0.2, 0) is 22.6 Å². The van der Waals surface area contributed by atoms with Gasteiger partial charge in [0.2, 0.25) is 4.77 Å². The van der Waals surface area contributed by atoms with Crippen molar-refractivity contribution in [2.75, 3.05) is 26.3 Å². The van der Waals surface area contributed by atoms with Crippen molar-refractivity contribution in [1.82, 2.24) is 19.2 Å². The second-order valence-corrected chi connectivity index (χ2v) is 8.80. The van der Waals surface area contributed by atoms with Crippen LogP contribution in [0.1, 0.15) is 38.1 Å². The Bertz CT molecular complexity index is 1140. The first-order chi connectivity index (χ1) is 16.6. The van der Waals surface area contributed by atoms with Crippen LogP contribution in [0.4, 0.5) is 0 Å². The van der Waals surface area contributed by atoms with Gasteiger partial charge in [0.25, 0.3) is 0 Å². The number of piperidine rings is 1. The number of ether oxygens (including phenoxy) is 2. The maximum Gasteiger partial charge on any atom is 0.310 e. The molecule has 3 aromatic rings. The van der Waals surface area contributed by atoms with E-state index in [1.165, 1.54) is 5.56 Å². The monoisotopic (exact) mass is 480 g/mol. The Hall–Kier alpha value is -2.97. The number of nitrogens with zero attached hydrogens (tertiary/aromatic N) is 4. The van der Waals surface area contributed by atoms with E-state index in [9.17, 15) is 4.79 Å². The number of carbonyl (C=O) groups is 1. The van der Waals surface area contributed by atoms with Gasteiger partial charge in [0.15, 0.2) is 0 Å². The molecule has 0 N–H and O–H groups in total. The van der Waals surface area contributed by atoms with Crippen LogP contribution in [0.3, 0.4) is 0 Å². The maximum atomic E-state index is 12.3. The van der Waals surface area contributed by atoms with Crippen molar-refractivity contribution < 1.29 is 14.3 Å². The SMILES string of the molecule is CCOC(=O)[C@@H]1CCCN(Cn2nc(Cc3ccccc3)n(-c3ccc(OCC)cc3)c2=S)C1. The molecule has 0 radical (unpaired) electrons. The largest absolute Gasteiger partial charge is 0.494 e. The molecule has 0 amide bonds. The highest BCUT2D eigenvalue weighted by Crippen LogP contribution is 2.22. The van der Waals surface area contributed by atoms with Crippen LogP contribution in [0.25, 0.3) is 5.69 Å². The van der Waals surface area contributed by atoms with Gasteiger partial charge < -0.3 is 9.47 Å². The summed E-state index contributed by atoms with van der Waals surface area (Å²) in [6.45, 7) is 6.96. The molecule has 180 valence electrons. The van der Waals surface area contributed by atoms with E-state index in [4.69, 9.17) is 26.8 Å². The van der Waals surface area contributed by atoms with Gasteiger partial charge in [-0.1, -0.05) is 30.3 Å². The summed E-state index contributed by atoms with van der Waals surface area (Å²) in [6.07, 6.45) is 2.48. The van der Waals surface area contributed by atoms with Crippen molar-refractivity contribution in [3.8, 4) is 11.4 Å². The molecule has 0 aliphatic carbocycles. The minimum Gasteiger partial charge on any atom is -0.494 e. The molecule has 34 heavy (non-hydrogen) atoms. The molecule has 1 aliphatic heterocycles. The molecule has 1 atom stereocenters. The lowest BCUT2D eigenvalue weighted by Crippen LogP contribution is -2.40. The summed E-state index contributed by atoms with van der Waals surface area (Å²) < 4.78 is 15.4. The second-order valence-electron chi connectivity index (χ2n) is 8.43. The standard InChI is InChI=1S/C26H32N4O3S/c1-3-32-23-14-12-22(13-15-23)30-24(17-20-9-6-5-7-10-20)27-29(26(30)34)19-28-16-8-11-21(18-28)25(31)33-4-2/h5-7,9-10,12-15,21H,3-4,8,11,16-19H2,1-2H3/t21-/m1/s1. The zero-order chi connectivity index (χ0) is 23.9. The van der Waals surface area contributed by atoms with Gasteiger partial charge in [0.05, 0.1) is 25.8 Å². The molecule has 4 rings (SSSR count). The van der Waals surface area contributed by atoms with Crippen molar-refractivity contribution in [3.05, 3.63) is 70.8 Å². The van der Waals surface area contributed by atoms with Crippen molar-refractivity contribution in [2.24, 2.45) is 5.92 Å². The Morgan fingerprint density at radius 3 is 2.56 bits per heavy atom. The van der Waals surface area contributed by atoms with Crippen molar-refractivity contribution in [2.45, 2.75) is 39.8 Å². The fourth-order valence-electron chi connectivity index (χ4n) is 4.38. The Kier molecular flexibility index (Phi) is 8.13. The molecule has 0 spiro atoms. The molecule has 0 unspecified atom stereocenters. The van der Waals surface area contributed by atoms with Crippen LogP contribution in [0.5, 0.6) is 5.75 Å². The van der Waals surface area contributed by atoms with Crippen LogP contribution in [0.15, 0.2) is 54.6 Å². The average molecular weight is 481 g/mol. The summed E-state index contributed by atoms with van der Waals surface area (Å²) in [5.41, 5.74) is 2.12. The van der Waals surface area contributed by atoms with Crippen LogP contribution < -0.4 is 4.74 Å². The van der Waals surface area contributed by atoms with E-state index in [1.807, 2.05) is 65.6 Å². The quantitative estimate of drug-likeness (QED) is 0.329. The molecular weight excluding hydrogens is 448 g/mol. The number of esters is 1. The molecule has 1 fully saturated rings. The summed E-state index contributed by atoms with van der Waals surface area (Å²) >= 11 is 5.90. The van der Waals surface area contributed by atoms with Gasteiger partial charge in [-0.05, 0) is 75.3 Å². The van der Waals surface area contributed by atoms with E-state index in [0.717, 1.165) is 36.6 Å². The maximum absolute atomic E-state index is 12.3. The molecule has 1 aliphatic rings. The first-order valence-corrected chi connectivity index (χ1v) is 12.3. The number of likely N-dealkylation sites (tertiary alicyclic amines) is 1. The second kappa shape index (κ2) is 11.4. The van der Waals surface area contributed by atoms with Crippen LogP contribution in [-0.4, -0.2) is 51.5 Å². The van der Waals surface area contributed by atoms with Gasteiger partial charge in [-0.15, -0.1) is 0 Å².